The molecule has 0 saturated heterocycles. The third-order valence-corrected chi connectivity index (χ3v) is 4.05. The number of halogens is 1. The summed E-state index contributed by atoms with van der Waals surface area (Å²) in [6.07, 6.45) is 2.83. The highest BCUT2D eigenvalue weighted by molar-refractivity contribution is 5.79. The molecule has 2 aromatic carbocycles. The Bertz CT molecular complexity index is 871. The summed E-state index contributed by atoms with van der Waals surface area (Å²) < 4.78 is 15.4. The van der Waals surface area contributed by atoms with E-state index in [0.29, 0.717) is 6.54 Å². The van der Waals surface area contributed by atoms with Gasteiger partial charge in [0, 0.05) is 19.6 Å². The number of rotatable bonds is 7. The third-order valence-electron chi connectivity index (χ3n) is 4.05. The van der Waals surface area contributed by atoms with Crippen LogP contribution < -0.4 is 10.6 Å². The van der Waals surface area contributed by atoms with Gasteiger partial charge in [0.2, 0.25) is 0 Å². The van der Waals surface area contributed by atoms with E-state index in [2.05, 4.69) is 31.2 Å². The summed E-state index contributed by atoms with van der Waals surface area (Å²) in [6, 6.07) is 14.7. The minimum absolute atomic E-state index is 0.233. The number of fused-ring (bicyclic) bond motifs is 1. The first kappa shape index (κ1) is 17.9. The Hall–Kier alpha value is -2.89. The van der Waals surface area contributed by atoms with Crippen molar-refractivity contribution < 1.29 is 4.39 Å². The average molecular weight is 353 g/mol. The number of benzene rings is 2. The van der Waals surface area contributed by atoms with Gasteiger partial charge in [-0.05, 0) is 43.2 Å². The maximum atomic E-state index is 13.2. The van der Waals surface area contributed by atoms with Gasteiger partial charge in [0.05, 0.1) is 23.9 Å². The Kier molecular flexibility index (Phi) is 6.19. The van der Waals surface area contributed by atoms with Crippen molar-refractivity contribution in [1.29, 1.82) is 0 Å². The molecule has 0 amide bonds. The molecule has 0 aliphatic carbocycles. The van der Waals surface area contributed by atoms with Gasteiger partial charge in [0.25, 0.3) is 0 Å². The van der Waals surface area contributed by atoms with Crippen LogP contribution in [-0.2, 0) is 13.1 Å². The van der Waals surface area contributed by atoms with Crippen LogP contribution in [0.5, 0.6) is 0 Å². The van der Waals surface area contributed by atoms with Crippen molar-refractivity contribution in [3.05, 3.63) is 66.2 Å². The molecular weight excluding hydrogens is 329 g/mol. The molecule has 0 atom stereocenters. The highest BCUT2D eigenvalue weighted by atomic mass is 19.1. The summed E-state index contributed by atoms with van der Waals surface area (Å²) >= 11 is 0. The number of para-hydroxylation sites is 2. The molecule has 0 fully saturated rings. The van der Waals surface area contributed by atoms with Gasteiger partial charge in [0.1, 0.15) is 5.82 Å². The third kappa shape index (κ3) is 4.81. The van der Waals surface area contributed by atoms with E-state index in [4.69, 9.17) is 0 Å². The number of hydrogen-bond donors (Lipinski definition) is 2. The Morgan fingerprint density at radius 3 is 2.88 bits per heavy atom. The second-order valence-electron chi connectivity index (χ2n) is 6.03. The Morgan fingerprint density at radius 2 is 2.04 bits per heavy atom. The summed E-state index contributed by atoms with van der Waals surface area (Å²) in [5.74, 6) is 0.510. The van der Waals surface area contributed by atoms with Crippen LogP contribution in [0.25, 0.3) is 11.0 Å². The number of guanidine groups is 1. The predicted molar refractivity (Wildman–Crippen MR) is 104 cm³/mol. The summed E-state index contributed by atoms with van der Waals surface area (Å²) in [6.45, 7) is 4.93. The van der Waals surface area contributed by atoms with Crippen LogP contribution in [0.4, 0.5) is 4.39 Å². The second-order valence-corrected chi connectivity index (χ2v) is 6.03. The summed E-state index contributed by atoms with van der Waals surface area (Å²) in [5.41, 5.74) is 3.02. The first-order chi connectivity index (χ1) is 12.8. The van der Waals surface area contributed by atoms with Gasteiger partial charge < -0.3 is 15.2 Å². The van der Waals surface area contributed by atoms with Crippen molar-refractivity contribution in [3.8, 4) is 0 Å². The van der Waals surface area contributed by atoms with Gasteiger partial charge in [-0.25, -0.2) is 14.4 Å². The average Bonchev–Trinajstić information content (AvgIpc) is 3.06. The minimum atomic E-state index is -0.233. The maximum Gasteiger partial charge on any atom is 0.191 e. The van der Waals surface area contributed by atoms with Crippen LogP contribution in [0.3, 0.4) is 0 Å². The van der Waals surface area contributed by atoms with E-state index in [0.717, 1.165) is 48.6 Å². The predicted octanol–water partition coefficient (Wildman–Crippen LogP) is 3.32. The maximum absolute atomic E-state index is 13.2. The van der Waals surface area contributed by atoms with Crippen molar-refractivity contribution in [1.82, 2.24) is 20.2 Å². The largest absolute Gasteiger partial charge is 0.357 e. The molecule has 0 aliphatic rings. The fraction of sp³-hybridized carbons (Fsp3) is 0.300. The van der Waals surface area contributed by atoms with Gasteiger partial charge in [-0.15, -0.1) is 0 Å². The molecule has 2 N–H and O–H groups in total. The van der Waals surface area contributed by atoms with Gasteiger partial charge in [-0.2, -0.15) is 0 Å². The van der Waals surface area contributed by atoms with E-state index in [1.807, 2.05) is 37.5 Å². The zero-order valence-corrected chi connectivity index (χ0v) is 15.0. The van der Waals surface area contributed by atoms with Crippen LogP contribution in [0, 0.1) is 5.82 Å². The van der Waals surface area contributed by atoms with E-state index in [-0.39, 0.29) is 5.82 Å². The fourth-order valence-electron chi connectivity index (χ4n) is 2.79. The van der Waals surface area contributed by atoms with Gasteiger partial charge in [-0.1, -0.05) is 24.3 Å². The zero-order chi connectivity index (χ0) is 18.2. The molecule has 3 aromatic rings. The summed E-state index contributed by atoms with van der Waals surface area (Å²) in [5, 5.41) is 6.54. The van der Waals surface area contributed by atoms with Crippen molar-refractivity contribution in [2.75, 3.05) is 13.1 Å². The number of aromatic nitrogens is 2. The molecule has 0 aliphatic heterocycles. The smallest absolute Gasteiger partial charge is 0.191 e. The Labute approximate surface area is 153 Å². The molecule has 1 aromatic heterocycles. The standard InChI is InChI=1S/C20H24FN5/c1-2-22-20(24-14-16-7-5-8-17(21)13-16)23-11-6-12-26-15-25-18-9-3-4-10-19(18)26/h3-5,7-10,13,15H,2,6,11-12,14H2,1H3,(H2,22,23,24). The van der Waals surface area contributed by atoms with Crippen molar-refractivity contribution in [3.63, 3.8) is 0 Å². The fourth-order valence-corrected chi connectivity index (χ4v) is 2.79. The molecule has 5 nitrogen and oxygen atoms in total. The van der Waals surface area contributed by atoms with Crippen LogP contribution >= 0.6 is 0 Å². The van der Waals surface area contributed by atoms with Crippen LogP contribution in [0.2, 0.25) is 0 Å². The molecule has 0 unspecified atom stereocenters. The number of hydrogen-bond acceptors (Lipinski definition) is 2. The van der Waals surface area contributed by atoms with Crippen LogP contribution in [-0.4, -0.2) is 28.6 Å². The number of imidazole rings is 1. The quantitative estimate of drug-likeness (QED) is 0.389. The monoisotopic (exact) mass is 353 g/mol. The lowest BCUT2D eigenvalue weighted by atomic mass is 10.2. The Morgan fingerprint density at radius 1 is 1.15 bits per heavy atom. The lowest BCUT2D eigenvalue weighted by Crippen LogP contribution is -2.38. The molecule has 6 heteroatoms. The highest BCUT2D eigenvalue weighted by Gasteiger charge is 2.02. The second kappa shape index (κ2) is 8.99. The number of nitrogens with zero attached hydrogens (tertiary/aromatic N) is 3. The Balaban J connectivity index is 1.51. The van der Waals surface area contributed by atoms with Crippen molar-refractivity contribution >= 4 is 17.0 Å². The first-order valence-electron chi connectivity index (χ1n) is 8.93. The first-order valence-corrected chi connectivity index (χ1v) is 8.93. The van der Waals surface area contributed by atoms with Gasteiger partial charge in [-0.3, -0.25) is 0 Å². The topological polar surface area (TPSA) is 54.2 Å². The molecule has 0 radical (unpaired) electrons. The normalized spacial score (nSPS) is 11.7. The van der Waals surface area contributed by atoms with E-state index < -0.39 is 0 Å². The number of nitrogens with one attached hydrogen (secondary N) is 2. The van der Waals surface area contributed by atoms with E-state index in [1.165, 1.54) is 12.1 Å². The van der Waals surface area contributed by atoms with Crippen molar-refractivity contribution in [2.45, 2.75) is 26.4 Å². The van der Waals surface area contributed by atoms with E-state index in [9.17, 15) is 4.39 Å². The zero-order valence-electron chi connectivity index (χ0n) is 15.0. The molecule has 1 heterocycles. The number of aryl methyl sites for hydroxylation is 1. The lowest BCUT2D eigenvalue weighted by Gasteiger charge is -2.12. The number of aliphatic imine (C=N–C) groups is 1. The van der Waals surface area contributed by atoms with Crippen molar-refractivity contribution in [2.24, 2.45) is 4.99 Å². The van der Waals surface area contributed by atoms with Gasteiger partial charge >= 0.3 is 0 Å². The molecule has 0 bridgehead atoms. The summed E-state index contributed by atoms with van der Waals surface area (Å²) in [4.78, 5) is 8.93. The lowest BCUT2D eigenvalue weighted by molar-refractivity contribution is 0.625. The molecule has 0 saturated carbocycles. The minimum Gasteiger partial charge on any atom is -0.357 e. The molecule has 0 spiro atoms. The van der Waals surface area contributed by atoms with Crippen LogP contribution in [0.1, 0.15) is 18.9 Å². The molecular formula is C20H24FN5. The van der Waals surface area contributed by atoms with Gasteiger partial charge in [0.15, 0.2) is 5.96 Å². The van der Waals surface area contributed by atoms with Crippen LogP contribution in [0.15, 0.2) is 59.9 Å². The molecule has 26 heavy (non-hydrogen) atoms. The molecule has 3 rings (SSSR count). The highest BCUT2D eigenvalue weighted by Crippen LogP contribution is 2.11. The SMILES string of the molecule is CCNC(=NCc1cccc(F)c1)NCCCn1cnc2ccccc21. The van der Waals surface area contributed by atoms with E-state index >= 15 is 0 Å². The van der Waals surface area contributed by atoms with E-state index in [1.54, 1.807) is 6.07 Å². The molecule has 136 valence electrons. The summed E-state index contributed by atoms with van der Waals surface area (Å²) in [7, 11) is 0.